The quantitative estimate of drug-likeness (QED) is 0.260. The molecule has 0 saturated carbocycles. The zero-order valence-electron chi connectivity index (χ0n) is 16.7. The van der Waals surface area contributed by atoms with Gasteiger partial charge in [0.2, 0.25) is 0 Å². The van der Waals surface area contributed by atoms with E-state index in [0.29, 0.717) is 22.4 Å². The van der Waals surface area contributed by atoms with E-state index >= 15 is 0 Å². The Bertz CT molecular complexity index is 1080. The second-order valence-electron chi connectivity index (χ2n) is 6.71. The van der Waals surface area contributed by atoms with Crippen LogP contribution in [0.1, 0.15) is 29.7 Å². The van der Waals surface area contributed by atoms with E-state index in [1.807, 2.05) is 61.5 Å². The number of hydrogen-bond donors (Lipinski definition) is 1. The molecule has 0 aromatic heterocycles. The third-order valence-electron chi connectivity index (χ3n) is 4.67. The molecule has 0 aliphatic heterocycles. The summed E-state index contributed by atoms with van der Waals surface area (Å²) in [5.41, 5.74) is 2.53. The molecule has 1 atom stereocenters. The lowest BCUT2D eigenvalue weighted by atomic mass is 10.0. The van der Waals surface area contributed by atoms with Crippen molar-refractivity contribution < 1.29 is 14.5 Å². The lowest BCUT2D eigenvalue weighted by Gasteiger charge is -2.18. The van der Waals surface area contributed by atoms with E-state index < -0.39 is 4.92 Å². The summed E-state index contributed by atoms with van der Waals surface area (Å²) in [6.45, 7) is 1.88. The molecule has 6 heteroatoms. The van der Waals surface area contributed by atoms with Gasteiger partial charge >= 0.3 is 0 Å². The van der Waals surface area contributed by atoms with Crippen molar-refractivity contribution in [2.75, 3.05) is 7.11 Å². The summed E-state index contributed by atoms with van der Waals surface area (Å²) in [5, 5.41) is 14.1. The molecule has 152 valence electrons. The number of nitrogens with one attached hydrogen (secondary N) is 1. The highest BCUT2D eigenvalue weighted by Gasteiger charge is 2.18. The number of non-ortho nitro benzene ring substituents is 1. The molecule has 0 spiro atoms. The molecule has 0 saturated heterocycles. The molecule has 1 unspecified atom stereocenters. The molecule has 1 amide bonds. The number of para-hydroxylation sites is 1. The highest BCUT2D eigenvalue weighted by Crippen LogP contribution is 2.26. The van der Waals surface area contributed by atoms with Gasteiger partial charge in [0, 0.05) is 23.3 Å². The number of hydrogen-bond acceptors (Lipinski definition) is 4. The summed E-state index contributed by atoms with van der Waals surface area (Å²) < 4.78 is 5.39. The first-order valence-electron chi connectivity index (χ1n) is 9.45. The van der Waals surface area contributed by atoms with Crippen LogP contribution in [0.4, 0.5) is 5.69 Å². The average Bonchev–Trinajstić information content (AvgIpc) is 2.78. The number of nitro groups is 1. The molecule has 0 bridgehead atoms. The first-order chi connectivity index (χ1) is 14.5. The number of methoxy groups -OCH3 is 1. The summed E-state index contributed by atoms with van der Waals surface area (Å²) in [6, 6.07) is 22.6. The second-order valence-corrected chi connectivity index (χ2v) is 6.71. The molecule has 3 aromatic rings. The van der Waals surface area contributed by atoms with Crippen LogP contribution in [0.5, 0.6) is 5.75 Å². The first-order valence-corrected chi connectivity index (χ1v) is 9.45. The molecule has 0 heterocycles. The van der Waals surface area contributed by atoms with E-state index in [-0.39, 0.29) is 17.6 Å². The Balaban J connectivity index is 1.96. The molecule has 1 N–H and O–H groups in total. The smallest absolute Gasteiger partial charge is 0.270 e. The monoisotopic (exact) mass is 402 g/mol. The third-order valence-corrected chi connectivity index (χ3v) is 4.67. The molecular formula is C24H22N2O4. The minimum Gasteiger partial charge on any atom is -0.496 e. The van der Waals surface area contributed by atoms with Gasteiger partial charge in [0.25, 0.3) is 11.6 Å². The number of carbonyl (C=O) groups excluding carboxylic acids is 1. The van der Waals surface area contributed by atoms with E-state index in [1.165, 1.54) is 12.1 Å². The minimum atomic E-state index is -0.455. The normalized spacial score (nSPS) is 12.1. The summed E-state index contributed by atoms with van der Waals surface area (Å²) in [4.78, 5) is 23.8. The first kappa shape index (κ1) is 20.8. The van der Waals surface area contributed by atoms with Gasteiger partial charge in [0.15, 0.2) is 0 Å². The maximum Gasteiger partial charge on any atom is 0.270 e. The standard InChI is InChI=1S/C24H22N2O4/c1-17(21-13-6-7-14-23(21)30-2)25-24(27)22(19-10-4-3-5-11-19)16-18-9-8-12-20(15-18)26(28)29/h3-17H,1-2H3,(H,25,27)/b22-16+. The van der Waals surface area contributed by atoms with Crippen LogP contribution < -0.4 is 10.1 Å². The van der Waals surface area contributed by atoms with Crippen LogP contribution in [0.25, 0.3) is 11.6 Å². The Labute approximate surface area is 175 Å². The Hall–Kier alpha value is -3.93. The molecule has 0 radical (unpaired) electrons. The van der Waals surface area contributed by atoms with Crippen molar-refractivity contribution in [2.24, 2.45) is 0 Å². The number of amides is 1. The van der Waals surface area contributed by atoms with E-state index in [2.05, 4.69) is 5.32 Å². The van der Waals surface area contributed by atoms with Crippen molar-refractivity contribution in [3.05, 3.63) is 106 Å². The summed E-state index contributed by atoms with van der Waals surface area (Å²) in [7, 11) is 1.59. The summed E-state index contributed by atoms with van der Waals surface area (Å²) in [5.74, 6) is 0.403. The topological polar surface area (TPSA) is 81.5 Å². The molecule has 0 aliphatic rings. The Morgan fingerprint density at radius 1 is 1.03 bits per heavy atom. The van der Waals surface area contributed by atoms with Gasteiger partial charge in [0.1, 0.15) is 5.75 Å². The average molecular weight is 402 g/mol. The highest BCUT2D eigenvalue weighted by molar-refractivity contribution is 6.24. The van der Waals surface area contributed by atoms with Crippen molar-refractivity contribution in [1.82, 2.24) is 5.32 Å². The molecule has 3 aromatic carbocycles. The van der Waals surface area contributed by atoms with Crippen LogP contribution >= 0.6 is 0 Å². The SMILES string of the molecule is COc1ccccc1C(C)NC(=O)/C(=C/c1cccc([N+](=O)[O-])c1)c1ccccc1. The Morgan fingerprint density at radius 3 is 2.43 bits per heavy atom. The predicted octanol–water partition coefficient (Wildman–Crippen LogP) is 5.02. The van der Waals surface area contributed by atoms with E-state index in [9.17, 15) is 14.9 Å². The van der Waals surface area contributed by atoms with E-state index in [4.69, 9.17) is 4.74 Å². The number of ether oxygens (including phenoxy) is 1. The number of carbonyl (C=O) groups is 1. The summed E-state index contributed by atoms with van der Waals surface area (Å²) in [6.07, 6.45) is 1.66. The molecular weight excluding hydrogens is 380 g/mol. The maximum atomic E-state index is 13.2. The lowest BCUT2D eigenvalue weighted by molar-refractivity contribution is -0.384. The number of nitrogens with zero attached hydrogens (tertiary/aromatic N) is 1. The lowest BCUT2D eigenvalue weighted by Crippen LogP contribution is -2.27. The fourth-order valence-electron chi connectivity index (χ4n) is 3.17. The van der Waals surface area contributed by atoms with Gasteiger partial charge in [-0.3, -0.25) is 14.9 Å². The van der Waals surface area contributed by atoms with Gasteiger partial charge in [-0.15, -0.1) is 0 Å². The maximum absolute atomic E-state index is 13.2. The van der Waals surface area contributed by atoms with Gasteiger partial charge in [-0.2, -0.15) is 0 Å². The zero-order chi connectivity index (χ0) is 21.5. The van der Waals surface area contributed by atoms with Gasteiger partial charge in [-0.25, -0.2) is 0 Å². The van der Waals surface area contributed by atoms with E-state index in [0.717, 1.165) is 5.56 Å². The number of benzene rings is 3. The van der Waals surface area contributed by atoms with Gasteiger partial charge < -0.3 is 10.1 Å². The third kappa shape index (κ3) is 4.91. The van der Waals surface area contributed by atoms with Crippen LogP contribution in [0.3, 0.4) is 0 Å². The number of nitro benzene ring substituents is 1. The largest absolute Gasteiger partial charge is 0.496 e. The molecule has 0 aliphatic carbocycles. The zero-order valence-corrected chi connectivity index (χ0v) is 16.7. The minimum absolute atomic E-state index is 0.0287. The van der Waals surface area contributed by atoms with Crippen LogP contribution in [-0.2, 0) is 4.79 Å². The summed E-state index contributed by atoms with van der Waals surface area (Å²) >= 11 is 0. The fraction of sp³-hybridized carbons (Fsp3) is 0.125. The molecule has 3 rings (SSSR count). The Kier molecular flexibility index (Phi) is 6.60. The Morgan fingerprint density at radius 2 is 1.73 bits per heavy atom. The van der Waals surface area contributed by atoms with Crippen LogP contribution in [-0.4, -0.2) is 17.9 Å². The van der Waals surface area contributed by atoms with E-state index in [1.54, 1.807) is 25.3 Å². The van der Waals surface area contributed by atoms with Crippen LogP contribution in [0.15, 0.2) is 78.9 Å². The van der Waals surface area contributed by atoms with Crippen LogP contribution in [0.2, 0.25) is 0 Å². The highest BCUT2D eigenvalue weighted by atomic mass is 16.6. The molecule has 30 heavy (non-hydrogen) atoms. The molecule has 6 nitrogen and oxygen atoms in total. The fourth-order valence-corrected chi connectivity index (χ4v) is 3.17. The number of rotatable bonds is 7. The van der Waals surface area contributed by atoms with Crippen molar-refractivity contribution in [1.29, 1.82) is 0 Å². The van der Waals surface area contributed by atoms with Crippen molar-refractivity contribution >= 4 is 23.2 Å². The van der Waals surface area contributed by atoms with Crippen molar-refractivity contribution in [3.63, 3.8) is 0 Å². The van der Waals surface area contributed by atoms with Crippen LogP contribution in [0, 0.1) is 10.1 Å². The predicted molar refractivity (Wildman–Crippen MR) is 117 cm³/mol. The van der Waals surface area contributed by atoms with Gasteiger partial charge in [-0.05, 0) is 30.2 Å². The van der Waals surface area contributed by atoms with Crippen molar-refractivity contribution in [2.45, 2.75) is 13.0 Å². The van der Waals surface area contributed by atoms with Gasteiger partial charge in [0.05, 0.1) is 18.1 Å². The second kappa shape index (κ2) is 9.52. The van der Waals surface area contributed by atoms with Gasteiger partial charge in [-0.1, -0.05) is 60.7 Å². The molecule has 0 fully saturated rings. The van der Waals surface area contributed by atoms with Crippen molar-refractivity contribution in [3.8, 4) is 5.75 Å².